The molecule has 4 rings (SSSR count). The van der Waals surface area contributed by atoms with E-state index < -0.39 is 0 Å². The van der Waals surface area contributed by atoms with Crippen LogP contribution in [0.2, 0.25) is 10.0 Å². The molecular weight excluding hydrogens is 419 g/mol. The van der Waals surface area contributed by atoms with Gasteiger partial charge in [0.15, 0.2) is 0 Å². The van der Waals surface area contributed by atoms with Gasteiger partial charge in [-0.15, -0.1) is 0 Å². The number of amides is 1. The molecule has 3 unspecified atom stereocenters. The van der Waals surface area contributed by atoms with E-state index in [4.69, 9.17) is 27.9 Å². The third-order valence-electron chi connectivity index (χ3n) is 7.06. The molecule has 2 aromatic carbocycles. The summed E-state index contributed by atoms with van der Waals surface area (Å²) in [6.45, 7) is 4.06. The van der Waals surface area contributed by atoms with Crippen molar-refractivity contribution in [3.63, 3.8) is 0 Å². The van der Waals surface area contributed by atoms with Crippen molar-refractivity contribution in [3.05, 3.63) is 63.1 Å². The summed E-state index contributed by atoms with van der Waals surface area (Å²) in [6, 6.07) is 12.2. The Morgan fingerprint density at radius 3 is 2.77 bits per heavy atom. The summed E-state index contributed by atoms with van der Waals surface area (Å²) in [5.74, 6) is 1.25. The lowest BCUT2D eigenvalue weighted by Gasteiger charge is -2.55. The molecule has 4 nitrogen and oxygen atoms in total. The fourth-order valence-electron chi connectivity index (χ4n) is 5.22. The maximum Gasteiger partial charge on any atom is 0.224 e. The first-order chi connectivity index (χ1) is 14.3. The van der Waals surface area contributed by atoms with Crippen LogP contribution in [0, 0.1) is 5.92 Å². The third kappa shape index (κ3) is 3.93. The van der Waals surface area contributed by atoms with Gasteiger partial charge in [-0.1, -0.05) is 42.3 Å². The average molecular weight is 447 g/mol. The number of likely N-dealkylation sites (tertiary alicyclic amines) is 1. The maximum atomic E-state index is 12.7. The van der Waals surface area contributed by atoms with Crippen LogP contribution in [0.5, 0.6) is 5.75 Å². The van der Waals surface area contributed by atoms with Crippen LogP contribution in [0.3, 0.4) is 0 Å². The van der Waals surface area contributed by atoms with Crippen LogP contribution < -0.4 is 10.1 Å². The highest BCUT2D eigenvalue weighted by Gasteiger charge is 2.49. The van der Waals surface area contributed by atoms with Crippen molar-refractivity contribution < 1.29 is 9.53 Å². The maximum absolute atomic E-state index is 12.7. The van der Waals surface area contributed by atoms with Crippen molar-refractivity contribution in [2.45, 2.75) is 37.6 Å². The topological polar surface area (TPSA) is 41.6 Å². The summed E-state index contributed by atoms with van der Waals surface area (Å²) < 4.78 is 5.50. The van der Waals surface area contributed by atoms with Gasteiger partial charge in [0.1, 0.15) is 5.75 Å². The molecule has 1 amide bonds. The molecule has 2 aromatic rings. The molecule has 0 saturated carbocycles. The number of hydrogen-bond donors (Lipinski definition) is 1. The lowest BCUT2D eigenvalue weighted by molar-refractivity contribution is -0.121. The summed E-state index contributed by atoms with van der Waals surface area (Å²) in [6.07, 6.45) is 2.36. The molecule has 2 bridgehead atoms. The zero-order valence-electron chi connectivity index (χ0n) is 17.7. The number of hydrogen-bond acceptors (Lipinski definition) is 3. The first-order valence-electron chi connectivity index (χ1n) is 10.4. The molecule has 6 heteroatoms. The van der Waals surface area contributed by atoms with E-state index in [0.29, 0.717) is 35.0 Å². The van der Waals surface area contributed by atoms with Crippen LogP contribution in [0.4, 0.5) is 0 Å². The molecule has 0 aromatic heterocycles. The summed E-state index contributed by atoms with van der Waals surface area (Å²) in [5.41, 5.74) is 3.64. The summed E-state index contributed by atoms with van der Waals surface area (Å²) in [5, 5.41) is 4.17. The fraction of sp³-hybridized carbons (Fsp3) is 0.458. The second-order valence-electron chi connectivity index (χ2n) is 8.78. The van der Waals surface area contributed by atoms with Gasteiger partial charge in [0.2, 0.25) is 5.91 Å². The van der Waals surface area contributed by atoms with Crippen LogP contribution in [-0.2, 0) is 23.1 Å². The zero-order chi connectivity index (χ0) is 21.5. The van der Waals surface area contributed by atoms with Gasteiger partial charge in [-0.05, 0) is 67.4 Å². The highest BCUT2D eigenvalue weighted by atomic mass is 35.5. The summed E-state index contributed by atoms with van der Waals surface area (Å²) >= 11 is 12.1. The minimum atomic E-state index is 0.00848. The molecule has 1 saturated heterocycles. The molecule has 1 aliphatic heterocycles. The van der Waals surface area contributed by atoms with Gasteiger partial charge < -0.3 is 15.0 Å². The van der Waals surface area contributed by atoms with Gasteiger partial charge in [0.25, 0.3) is 0 Å². The first kappa shape index (κ1) is 21.5. The van der Waals surface area contributed by atoms with Gasteiger partial charge in [-0.2, -0.15) is 0 Å². The van der Waals surface area contributed by atoms with E-state index in [0.717, 1.165) is 30.7 Å². The standard InChI is InChI=1S/C24H28Cl2N2O2/c1-24-8-9-28(2)22(12-16-5-6-17(30-3)13-18(16)24)19(24)14-27-23(29)11-15-4-7-20(25)21(26)10-15/h4-7,10,13,19,22H,8-9,11-12,14H2,1-3H3,(H,27,29). The zero-order valence-corrected chi connectivity index (χ0v) is 19.2. The van der Waals surface area contributed by atoms with E-state index in [1.54, 1.807) is 19.2 Å². The molecule has 3 atom stereocenters. The molecule has 1 N–H and O–H groups in total. The van der Waals surface area contributed by atoms with E-state index in [2.05, 4.69) is 42.4 Å². The van der Waals surface area contributed by atoms with Crippen molar-refractivity contribution >= 4 is 29.1 Å². The first-order valence-corrected chi connectivity index (χ1v) is 11.2. The average Bonchev–Trinajstić information content (AvgIpc) is 2.73. The molecule has 30 heavy (non-hydrogen) atoms. The Bertz CT molecular complexity index is 964. The number of carbonyl (C=O) groups is 1. The summed E-state index contributed by atoms with van der Waals surface area (Å²) in [4.78, 5) is 15.1. The largest absolute Gasteiger partial charge is 0.497 e. The number of fused-ring (bicyclic) bond motifs is 4. The predicted molar refractivity (Wildman–Crippen MR) is 122 cm³/mol. The molecule has 0 spiro atoms. The number of nitrogens with one attached hydrogen (secondary N) is 1. The Labute approximate surface area is 188 Å². The lowest BCUT2D eigenvalue weighted by Crippen LogP contribution is -2.60. The van der Waals surface area contributed by atoms with Gasteiger partial charge in [-0.3, -0.25) is 4.79 Å². The molecular formula is C24H28Cl2N2O2. The van der Waals surface area contributed by atoms with Crippen molar-refractivity contribution in [2.75, 3.05) is 27.2 Å². The molecule has 1 aliphatic carbocycles. The van der Waals surface area contributed by atoms with Crippen LogP contribution in [0.15, 0.2) is 36.4 Å². The Kier molecular flexibility index (Phi) is 6.02. The number of rotatable bonds is 5. The number of piperidine rings is 1. The van der Waals surface area contributed by atoms with Crippen molar-refractivity contribution in [1.82, 2.24) is 10.2 Å². The second kappa shape index (κ2) is 8.41. The van der Waals surface area contributed by atoms with E-state index >= 15 is 0 Å². The second-order valence-corrected chi connectivity index (χ2v) is 9.59. The van der Waals surface area contributed by atoms with Crippen LogP contribution in [-0.4, -0.2) is 44.1 Å². The van der Waals surface area contributed by atoms with Crippen LogP contribution in [0.1, 0.15) is 30.0 Å². The number of nitrogens with zero attached hydrogens (tertiary/aromatic N) is 1. The number of halogens is 2. The third-order valence-corrected chi connectivity index (χ3v) is 7.80. The van der Waals surface area contributed by atoms with Crippen molar-refractivity contribution in [1.29, 1.82) is 0 Å². The van der Waals surface area contributed by atoms with Gasteiger partial charge in [0, 0.05) is 23.9 Å². The Morgan fingerprint density at radius 1 is 1.23 bits per heavy atom. The number of benzene rings is 2. The molecule has 1 heterocycles. The van der Waals surface area contributed by atoms with E-state index in [-0.39, 0.29) is 11.3 Å². The highest BCUT2D eigenvalue weighted by Crippen LogP contribution is 2.49. The molecule has 2 aliphatic rings. The van der Waals surface area contributed by atoms with Gasteiger partial charge in [0.05, 0.1) is 23.6 Å². The van der Waals surface area contributed by atoms with E-state index in [1.807, 2.05) is 6.07 Å². The lowest BCUT2D eigenvalue weighted by atomic mass is 9.58. The SMILES string of the molecule is COc1ccc2c(c1)C1(C)CCN(C)C(C2)C1CNC(=O)Cc1ccc(Cl)c(Cl)c1. The van der Waals surface area contributed by atoms with Crippen molar-refractivity contribution in [3.8, 4) is 5.75 Å². The predicted octanol–water partition coefficient (Wildman–Crippen LogP) is 4.50. The minimum Gasteiger partial charge on any atom is -0.497 e. The van der Waals surface area contributed by atoms with Crippen LogP contribution >= 0.6 is 23.2 Å². The smallest absolute Gasteiger partial charge is 0.224 e. The fourth-order valence-corrected chi connectivity index (χ4v) is 5.54. The number of carbonyl (C=O) groups excluding carboxylic acids is 1. The monoisotopic (exact) mass is 446 g/mol. The molecule has 160 valence electrons. The van der Waals surface area contributed by atoms with E-state index in [9.17, 15) is 4.79 Å². The van der Waals surface area contributed by atoms with Crippen molar-refractivity contribution in [2.24, 2.45) is 5.92 Å². The van der Waals surface area contributed by atoms with Crippen LogP contribution in [0.25, 0.3) is 0 Å². The van der Waals surface area contributed by atoms with Gasteiger partial charge >= 0.3 is 0 Å². The quantitative estimate of drug-likeness (QED) is 0.734. The van der Waals surface area contributed by atoms with Gasteiger partial charge in [-0.25, -0.2) is 0 Å². The van der Waals surface area contributed by atoms with E-state index in [1.165, 1.54) is 11.1 Å². The minimum absolute atomic E-state index is 0.00848. The Morgan fingerprint density at radius 2 is 2.03 bits per heavy atom. The number of methoxy groups -OCH3 is 1. The number of ether oxygens (including phenoxy) is 1. The number of likely N-dealkylation sites (N-methyl/N-ethyl adjacent to an activating group) is 1. The summed E-state index contributed by atoms with van der Waals surface area (Å²) in [7, 11) is 3.91. The molecule has 1 fully saturated rings. The normalized spacial score (nSPS) is 25.5. The highest BCUT2D eigenvalue weighted by molar-refractivity contribution is 6.42. The molecule has 0 radical (unpaired) electrons. The Hall–Kier alpha value is -1.75. The Balaban J connectivity index is 1.52.